The molecular formula is C40H48F8O6Ti. The second kappa shape index (κ2) is 21.5. The van der Waals surface area contributed by atoms with Gasteiger partial charge in [-0.3, -0.25) is 0 Å². The molecule has 0 spiro atoms. The van der Waals surface area contributed by atoms with Gasteiger partial charge in [0, 0.05) is 0 Å². The number of benzene rings is 2. The summed E-state index contributed by atoms with van der Waals surface area (Å²) in [6.45, 7) is 7.28. The maximum atomic E-state index is 16.7. The molecule has 0 fully saturated rings. The summed E-state index contributed by atoms with van der Waals surface area (Å²) in [7, 11) is 0. The second-order valence-electron chi connectivity index (χ2n) is 13.1. The van der Waals surface area contributed by atoms with Crippen molar-refractivity contribution in [2.45, 2.75) is 66.2 Å². The quantitative estimate of drug-likeness (QED) is 0.0457. The summed E-state index contributed by atoms with van der Waals surface area (Å²) >= 11 is -6.12. The summed E-state index contributed by atoms with van der Waals surface area (Å²) in [5, 5.41) is 0. The number of allylic oxidation sites excluding steroid dienone is 8. The van der Waals surface area contributed by atoms with E-state index in [1.807, 2.05) is 13.8 Å². The van der Waals surface area contributed by atoms with Gasteiger partial charge >= 0.3 is 282 Å². The molecule has 15 heteroatoms. The SMILES string of the molecule is CCCCOCCOCCOc1c(F)c(F)[c]([Ti]([C]2=C(C)C=CC2)([C]2=C(C)C=CC2)[c]2c(F)c(F)c(OCCOCCOCCCC)c(F)c2F)c(F)c1F. The Hall–Kier alpha value is -3.01. The van der Waals surface area contributed by atoms with E-state index in [2.05, 4.69) is 0 Å². The Bertz CT molecular complexity index is 1590. The number of hydrogen-bond acceptors (Lipinski definition) is 6. The van der Waals surface area contributed by atoms with E-state index in [4.69, 9.17) is 28.4 Å². The van der Waals surface area contributed by atoms with Gasteiger partial charge in [-0.2, -0.15) is 0 Å². The van der Waals surface area contributed by atoms with E-state index in [-0.39, 0.29) is 71.4 Å². The fourth-order valence-electron chi connectivity index (χ4n) is 6.72. The number of unbranched alkanes of at least 4 members (excludes halogenated alkanes) is 2. The van der Waals surface area contributed by atoms with Crippen LogP contribution in [0.15, 0.2) is 43.2 Å². The third-order valence-corrected chi connectivity index (χ3v) is 17.8. The van der Waals surface area contributed by atoms with Gasteiger partial charge in [-0.25, -0.2) is 0 Å². The molecule has 2 aliphatic rings. The predicted molar refractivity (Wildman–Crippen MR) is 189 cm³/mol. The van der Waals surface area contributed by atoms with Crippen molar-refractivity contribution in [3.8, 4) is 11.5 Å². The molecule has 0 radical (unpaired) electrons. The van der Waals surface area contributed by atoms with Crippen LogP contribution >= 0.6 is 0 Å². The average Bonchev–Trinajstić information content (AvgIpc) is 3.81. The van der Waals surface area contributed by atoms with Crippen LogP contribution in [-0.4, -0.2) is 66.1 Å². The van der Waals surface area contributed by atoms with E-state index in [1.165, 1.54) is 38.2 Å². The third-order valence-electron chi connectivity index (χ3n) is 9.41. The molecule has 6 nitrogen and oxygen atoms in total. The van der Waals surface area contributed by atoms with Crippen molar-refractivity contribution < 1.29 is 80.1 Å². The molecule has 0 saturated carbocycles. The first kappa shape index (κ1) is 44.7. The van der Waals surface area contributed by atoms with Crippen LogP contribution in [0.25, 0.3) is 0 Å². The van der Waals surface area contributed by atoms with Crippen LogP contribution in [0.2, 0.25) is 0 Å². The zero-order valence-corrected chi connectivity index (χ0v) is 33.2. The summed E-state index contributed by atoms with van der Waals surface area (Å²) < 4.78 is 160. The van der Waals surface area contributed by atoms with Gasteiger partial charge in [0.2, 0.25) is 0 Å². The van der Waals surface area contributed by atoms with E-state index in [0.717, 1.165) is 25.7 Å². The van der Waals surface area contributed by atoms with Crippen LogP contribution in [0.3, 0.4) is 0 Å². The fraction of sp³-hybridized carbons (Fsp3) is 0.500. The summed E-state index contributed by atoms with van der Waals surface area (Å²) in [4.78, 5) is 0. The van der Waals surface area contributed by atoms with Gasteiger partial charge in [-0.05, 0) is 12.8 Å². The first-order valence-electron chi connectivity index (χ1n) is 18.5. The molecule has 4 rings (SSSR count). The van der Waals surface area contributed by atoms with Gasteiger partial charge in [0.25, 0.3) is 0 Å². The van der Waals surface area contributed by atoms with Gasteiger partial charge in [0.1, 0.15) is 0 Å². The van der Waals surface area contributed by atoms with Crippen LogP contribution in [-0.2, 0) is 35.5 Å². The van der Waals surface area contributed by atoms with E-state index in [1.54, 1.807) is 0 Å². The topological polar surface area (TPSA) is 55.4 Å². The first-order valence-corrected chi connectivity index (χ1v) is 21.6. The summed E-state index contributed by atoms with van der Waals surface area (Å²) in [5.74, 6) is -18.7. The standard InChI is InChI=1S/2C14H17F4O3.2C6H7.Ti/c2*1-2-3-4-19-5-6-20-7-8-21-14-12(17)10(15)9-11(16)13(14)18;2*1-6-4-2-3-5-6;/h2*2-8H2,1H3;2*2,4H,3H2,1H3;. The Morgan fingerprint density at radius 2 is 0.764 bits per heavy atom. The van der Waals surface area contributed by atoms with E-state index < -0.39 is 95.6 Å². The molecule has 0 N–H and O–H groups in total. The third kappa shape index (κ3) is 9.94. The Morgan fingerprint density at radius 3 is 1.05 bits per heavy atom. The van der Waals surface area contributed by atoms with Crippen LogP contribution in [0, 0.1) is 46.5 Å². The monoisotopic (exact) mass is 824 g/mol. The molecule has 0 aliphatic heterocycles. The zero-order chi connectivity index (χ0) is 40.1. The fourth-order valence-corrected chi connectivity index (χ4v) is 15.7. The molecule has 2 aromatic carbocycles. The maximum absolute atomic E-state index is 16.7. The molecule has 0 heterocycles. The van der Waals surface area contributed by atoms with Gasteiger partial charge in [0.05, 0.1) is 0 Å². The van der Waals surface area contributed by atoms with Crippen molar-refractivity contribution in [1.29, 1.82) is 0 Å². The van der Waals surface area contributed by atoms with Gasteiger partial charge in [-0.15, -0.1) is 0 Å². The van der Waals surface area contributed by atoms with Crippen LogP contribution < -0.4 is 17.2 Å². The summed E-state index contributed by atoms with van der Waals surface area (Å²) in [6.07, 6.45) is 9.36. The molecule has 0 amide bonds. The molecule has 304 valence electrons. The molecule has 2 aliphatic carbocycles. The molecule has 55 heavy (non-hydrogen) atoms. The van der Waals surface area contributed by atoms with Crippen molar-refractivity contribution >= 4 is 7.74 Å². The molecule has 0 unspecified atom stereocenters. The van der Waals surface area contributed by atoms with E-state index in [9.17, 15) is 0 Å². The van der Waals surface area contributed by atoms with Gasteiger partial charge in [0.15, 0.2) is 0 Å². The van der Waals surface area contributed by atoms with Crippen LogP contribution in [0.4, 0.5) is 35.1 Å². The van der Waals surface area contributed by atoms with Gasteiger partial charge in [-0.1, -0.05) is 26.7 Å². The van der Waals surface area contributed by atoms with E-state index >= 15 is 35.1 Å². The number of hydrogen-bond donors (Lipinski definition) is 0. The van der Waals surface area contributed by atoms with Crippen molar-refractivity contribution in [2.75, 3.05) is 66.1 Å². The normalized spacial score (nSPS) is 14.3. The van der Waals surface area contributed by atoms with Crippen molar-refractivity contribution in [2.24, 2.45) is 0 Å². The predicted octanol–water partition coefficient (Wildman–Crippen LogP) is 8.80. The van der Waals surface area contributed by atoms with E-state index in [0.29, 0.717) is 13.2 Å². The molecule has 0 atom stereocenters. The zero-order valence-electron chi connectivity index (χ0n) is 31.6. The molecule has 0 bridgehead atoms. The molecular weight excluding hydrogens is 776 g/mol. The summed E-state index contributed by atoms with van der Waals surface area (Å²) in [5.41, 5.74) is 0.553. The minimum absolute atomic E-state index is 0.0256. The Labute approximate surface area is 320 Å². The number of ether oxygens (including phenoxy) is 6. The minimum atomic E-state index is -6.12. The average molecular weight is 825 g/mol. The Balaban J connectivity index is 1.78. The van der Waals surface area contributed by atoms with Crippen LogP contribution in [0.5, 0.6) is 11.5 Å². The molecule has 0 aromatic heterocycles. The van der Waals surface area contributed by atoms with Crippen molar-refractivity contribution in [3.63, 3.8) is 0 Å². The number of rotatable bonds is 24. The first-order chi connectivity index (χ1) is 26.5. The molecule has 2 aromatic rings. The van der Waals surface area contributed by atoms with Crippen molar-refractivity contribution in [1.82, 2.24) is 0 Å². The Kier molecular flexibility index (Phi) is 17.5. The summed E-state index contributed by atoms with van der Waals surface area (Å²) in [6, 6.07) is 0. The number of halogens is 8. The van der Waals surface area contributed by atoms with Crippen molar-refractivity contribution in [3.05, 3.63) is 89.7 Å². The van der Waals surface area contributed by atoms with Crippen LogP contribution in [0.1, 0.15) is 66.2 Å². The molecule has 0 saturated heterocycles. The Morgan fingerprint density at radius 1 is 0.455 bits per heavy atom. The second-order valence-corrected chi connectivity index (χ2v) is 18.8. The van der Waals surface area contributed by atoms with Gasteiger partial charge < -0.3 is 0 Å².